The summed E-state index contributed by atoms with van der Waals surface area (Å²) in [4.78, 5) is 2.18. The van der Waals surface area contributed by atoms with E-state index >= 15 is 0 Å². The van der Waals surface area contributed by atoms with E-state index in [2.05, 4.69) is 11.8 Å². The van der Waals surface area contributed by atoms with E-state index in [4.69, 9.17) is 5.73 Å². The largest absolute Gasteiger partial charge is 0.326 e. The van der Waals surface area contributed by atoms with Crippen LogP contribution in [0.4, 0.5) is 4.39 Å². The predicted octanol–water partition coefficient (Wildman–Crippen LogP) is 2.56. The van der Waals surface area contributed by atoms with E-state index in [1.165, 1.54) is 6.07 Å². The zero-order valence-corrected chi connectivity index (χ0v) is 10.3. The Hall–Kier alpha value is -0.930. The zero-order chi connectivity index (χ0) is 12.1. The lowest BCUT2D eigenvalue weighted by Crippen LogP contribution is -2.37. The number of likely N-dealkylation sites (N-methyl/N-ethyl adjacent to an activating group) is 1. The number of nitrogens with two attached hydrogens (primary N) is 1. The van der Waals surface area contributed by atoms with Crippen molar-refractivity contribution in [3.8, 4) is 0 Å². The first kappa shape index (κ1) is 13.1. The molecule has 2 nitrogen and oxygen atoms in total. The molecule has 0 spiro atoms. The van der Waals surface area contributed by atoms with Crippen molar-refractivity contribution in [1.82, 2.24) is 4.90 Å². The predicted molar refractivity (Wildman–Crippen MR) is 65.7 cm³/mol. The van der Waals surface area contributed by atoms with Gasteiger partial charge in [0.05, 0.1) is 0 Å². The lowest BCUT2D eigenvalue weighted by Gasteiger charge is -2.31. The Morgan fingerprint density at radius 2 is 2.12 bits per heavy atom. The van der Waals surface area contributed by atoms with Gasteiger partial charge >= 0.3 is 0 Å². The maximum atomic E-state index is 13.2. The number of rotatable bonds is 5. The molecule has 2 unspecified atom stereocenters. The molecule has 2 atom stereocenters. The molecule has 0 amide bonds. The molecular formula is C13H21FN2. The van der Waals surface area contributed by atoms with Crippen LogP contribution in [0.15, 0.2) is 24.3 Å². The number of halogens is 1. The van der Waals surface area contributed by atoms with Gasteiger partial charge in [-0.25, -0.2) is 4.39 Å². The molecule has 3 heteroatoms. The van der Waals surface area contributed by atoms with E-state index in [1.54, 1.807) is 12.1 Å². The van der Waals surface area contributed by atoms with Gasteiger partial charge in [-0.3, -0.25) is 4.90 Å². The van der Waals surface area contributed by atoms with Crippen LogP contribution in [0.25, 0.3) is 0 Å². The van der Waals surface area contributed by atoms with Crippen molar-refractivity contribution in [2.45, 2.75) is 32.4 Å². The second-order valence-corrected chi connectivity index (χ2v) is 4.34. The normalized spacial score (nSPS) is 15.1. The van der Waals surface area contributed by atoms with Gasteiger partial charge in [0.2, 0.25) is 0 Å². The molecule has 90 valence electrons. The first-order valence-corrected chi connectivity index (χ1v) is 5.77. The minimum absolute atomic E-state index is 0.0154. The highest BCUT2D eigenvalue weighted by Crippen LogP contribution is 2.22. The van der Waals surface area contributed by atoms with Crippen LogP contribution in [0.3, 0.4) is 0 Å². The second-order valence-electron chi connectivity index (χ2n) is 4.34. The number of nitrogens with zero attached hydrogens (tertiary/aromatic N) is 1. The molecule has 0 fully saturated rings. The summed E-state index contributed by atoms with van der Waals surface area (Å²) < 4.78 is 13.2. The van der Waals surface area contributed by atoms with Gasteiger partial charge < -0.3 is 5.73 Å². The molecule has 0 saturated carbocycles. The Bertz CT molecular complexity index is 325. The Balaban J connectivity index is 2.93. The molecule has 0 radical (unpaired) electrons. The molecule has 0 heterocycles. The summed E-state index contributed by atoms with van der Waals surface area (Å²) in [6, 6.07) is 6.76. The second kappa shape index (κ2) is 5.97. The Morgan fingerprint density at radius 1 is 1.44 bits per heavy atom. The van der Waals surface area contributed by atoms with E-state index in [0.717, 1.165) is 18.5 Å². The van der Waals surface area contributed by atoms with Crippen molar-refractivity contribution in [3.05, 3.63) is 35.6 Å². The highest BCUT2D eigenvalue weighted by atomic mass is 19.1. The zero-order valence-electron chi connectivity index (χ0n) is 10.3. The van der Waals surface area contributed by atoms with Crippen molar-refractivity contribution in [2.75, 3.05) is 13.6 Å². The summed E-state index contributed by atoms with van der Waals surface area (Å²) in [6.45, 7) is 5.05. The quantitative estimate of drug-likeness (QED) is 0.833. The first-order valence-electron chi connectivity index (χ1n) is 5.77. The summed E-state index contributed by atoms with van der Waals surface area (Å²) >= 11 is 0. The van der Waals surface area contributed by atoms with Crippen LogP contribution in [-0.2, 0) is 0 Å². The summed E-state index contributed by atoms with van der Waals surface area (Å²) in [7, 11) is 2.03. The van der Waals surface area contributed by atoms with Crippen molar-refractivity contribution < 1.29 is 4.39 Å². The SMILES string of the molecule is CCCN(C)C(c1cccc(F)c1)C(C)N. The Labute approximate surface area is 97.3 Å². The molecule has 16 heavy (non-hydrogen) atoms. The fraction of sp³-hybridized carbons (Fsp3) is 0.538. The lowest BCUT2D eigenvalue weighted by molar-refractivity contribution is 0.219. The molecule has 0 aliphatic carbocycles. The molecule has 0 aliphatic rings. The Kier molecular flexibility index (Phi) is 4.90. The number of benzene rings is 1. The van der Waals surface area contributed by atoms with Crippen LogP contribution in [0.1, 0.15) is 31.9 Å². The van der Waals surface area contributed by atoms with Crippen LogP contribution in [0, 0.1) is 5.82 Å². The number of hydrogen-bond donors (Lipinski definition) is 1. The van der Waals surface area contributed by atoms with Gasteiger partial charge in [-0.05, 0) is 44.6 Å². The van der Waals surface area contributed by atoms with Crippen molar-refractivity contribution >= 4 is 0 Å². The average Bonchev–Trinajstić information content (AvgIpc) is 2.17. The van der Waals surface area contributed by atoms with Gasteiger partial charge in [0.15, 0.2) is 0 Å². The molecule has 1 aromatic carbocycles. The lowest BCUT2D eigenvalue weighted by atomic mass is 9.99. The van der Waals surface area contributed by atoms with Crippen LogP contribution in [0.2, 0.25) is 0 Å². The summed E-state index contributed by atoms with van der Waals surface area (Å²) in [5.41, 5.74) is 6.94. The molecule has 0 aliphatic heterocycles. The molecule has 2 N–H and O–H groups in total. The molecule has 0 bridgehead atoms. The fourth-order valence-electron chi connectivity index (χ4n) is 2.14. The molecule has 1 rings (SSSR count). The van der Waals surface area contributed by atoms with E-state index in [9.17, 15) is 4.39 Å². The summed E-state index contributed by atoms with van der Waals surface area (Å²) in [5, 5.41) is 0. The van der Waals surface area contributed by atoms with Crippen LogP contribution >= 0.6 is 0 Å². The van der Waals surface area contributed by atoms with Crippen LogP contribution in [0.5, 0.6) is 0 Å². The van der Waals surface area contributed by atoms with Crippen molar-refractivity contribution in [3.63, 3.8) is 0 Å². The monoisotopic (exact) mass is 224 g/mol. The maximum absolute atomic E-state index is 13.2. The smallest absolute Gasteiger partial charge is 0.123 e. The van der Waals surface area contributed by atoms with E-state index in [0.29, 0.717) is 0 Å². The third kappa shape index (κ3) is 3.29. The van der Waals surface area contributed by atoms with Crippen LogP contribution in [-0.4, -0.2) is 24.5 Å². The third-order valence-corrected chi connectivity index (χ3v) is 2.74. The minimum Gasteiger partial charge on any atom is -0.326 e. The molecule has 1 aromatic rings. The van der Waals surface area contributed by atoms with E-state index in [-0.39, 0.29) is 17.9 Å². The number of hydrogen-bond acceptors (Lipinski definition) is 2. The molecule has 0 aromatic heterocycles. The summed E-state index contributed by atoms with van der Waals surface area (Å²) in [5.74, 6) is -0.201. The maximum Gasteiger partial charge on any atom is 0.123 e. The van der Waals surface area contributed by atoms with Gasteiger partial charge in [0.1, 0.15) is 5.82 Å². The third-order valence-electron chi connectivity index (χ3n) is 2.74. The minimum atomic E-state index is -0.201. The summed E-state index contributed by atoms with van der Waals surface area (Å²) in [6.07, 6.45) is 1.06. The van der Waals surface area contributed by atoms with Gasteiger partial charge in [-0.15, -0.1) is 0 Å². The first-order chi connectivity index (χ1) is 7.56. The average molecular weight is 224 g/mol. The van der Waals surface area contributed by atoms with Gasteiger partial charge in [-0.2, -0.15) is 0 Å². The van der Waals surface area contributed by atoms with E-state index < -0.39 is 0 Å². The van der Waals surface area contributed by atoms with Gasteiger partial charge in [0.25, 0.3) is 0 Å². The molecule has 0 saturated heterocycles. The highest BCUT2D eigenvalue weighted by Gasteiger charge is 2.20. The van der Waals surface area contributed by atoms with Gasteiger partial charge in [-0.1, -0.05) is 19.1 Å². The van der Waals surface area contributed by atoms with Crippen molar-refractivity contribution in [2.24, 2.45) is 5.73 Å². The Morgan fingerprint density at radius 3 is 2.62 bits per heavy atom. The standard InChI is InChI=1S/C13H21FN2/c1-4-8-16(3)13(10(2)15)11-6-5-7-12(14)9-11/h5-7,9-10,13H,4,8,15H2,1-3H3. The van der Waals surface area contributed by atoms with Crippen molar-refractivity contribution in [1.29, 1.82) is 0 Å². The van der Waals surface area contributed by atoms with E-state index in [1.807, 2.05) is 20.0 Å². The molecular weight excluding hydrogens is 203 g/mol. The van der Waals surface area contributed by atoms with Crippen LogP contribution < -0.4 is 5.73 Å². The van der Waals surface area contributed by atoms with Gasteiger partial charge in [0, 0.05) is 12.1 Å². The topological polar surface area (TPSA) is 29.3 Å². The fourth-order valence-corrected chi connectivity index (χ4v) is 2.14. The highest BCUT2D eigenvalue weighted by molar-refractivity contribution is 5.21.